The fourth-order valence-electron chi connectivity index (χ4n) is 3.19. The van der Waals surface area contributed by atoms with Gasteiger partial charge >= 0.3 is 0 Å². The summed E-state index contributed by atoms with van der Waals surface area (Å²) in [6.07, 6.45) is 2.51. The van der Waals surface area contributed by atoms with Gasteiger partial charge in [0.05, 0.1) is 0 Å². The van der Waals surface area contributed by atoms with Crippen LogP contribution in [0.1, 0.15) is 33.6 Å². The van der Waals surface area contributed by atoms with Crippen molar-refractivity contribution in [1.29, 1.82) is 0 Å². The maximum atomic E-state index is 9.23. The van der Waals surface area contributed by atoms with Gasteiger partial charge in [0.1, 0.15) is 0 Å². The van der Waals surface area contributed by atoms with Gasteiger partial charge in [0.15, 0.2) is 0 Å². The van der Waals surface area contributed by atoms with Crippen LogP contribution in [-0.2, 0) is 0 Å². The van der Waals surface area contributed by atoms with E-state index in [-0.39, 0.29) is 0 Å². The zero-order chi connectivity index (χ0) is 8.93. The minimum atomic E-state index is 0.337. The lowest BCUT2D eigenvalue weighted by Crippen LogP contribution is -2.26. The second kappa shape index (κ2) is 2.35. The molecular formula is C11H18O. The largest absolute Gasteiger partial charge is 0.396 e. The van der Waals surface area contributed by atoms with E-state index in [9.17, 15) is 5.11 Å². The highest BCUT2D eigenvalue weighted by atomic mass is 16.3. The summed E-state index contributed by atoms with van der Waals surface area (Å²) >= 11 is 0. The molecule has 2 aliphatic rings. The Morgan fingerprint density at radius 1 is 1.50 bits per heavy atom. The molecule has 2 rings (SSSR count). The van der Waals surface area contributed by atoms with Gasteiger partial charge in [-0.05, 0) is 43.9 Å². The molecular weight excluding hydrogens is 148 g/mol. The summed E-state index contributed by atoms with van der Waals surface area (Å²) in [5, 5.41) is 9.23. The van der Waals surface area contributed by atoms with Crippen molar-refractivity contribution in [2.45, 2.75) is 33.6 Å². The van der Waals surface area contributed by atoms with Crippen LogP contribution in [-0.4, -0.2) is 11.7 Å². The van der Waals surface area contributed by atoms with E-state index in [0.29, 0.717) is 17.9 Å². The van der Waals surface area contributed by atoms with Crippen LogP contribution in [0.2, 0.25) is 0 Å². The first kappa shape index (κ1) is 8.31. The molecule has 1 N–H and O–H groups in total. The zero-order valence-corrected chi connectivity index (χ0v) is 8.22. The zero-order valence-electron chi connectivity index (χ0n) is 8.22. The molecule has 1 fully saturated rings. The molecule has 1 heteroatoms. The molecule has 0 heterocycles. The Morgan fingerprint density at radius 2 is 2.17 bits per heavy atom. The van der Waals surface area contributed by atoms with Crippen LogP contribution in [0.4, 0.5) is 0 Å². The van der Waals surface area contributed by atoms with Gasteiger partial charge in [-0.15, -0.1) is 0 Å². The molecule has 0 aromatic carbocycles. The van der Waals surface area contributed by atoms with Crippen molar-refractivity contribution in [3.8, 4) is 0 Å². The number of allylic oxidation sites excluding steroid dienone is 2. The van der Waals surface area contributed by atoms with Gasteiger partial charge in [-0.1, -0.05) is 18.1 Å². The van der Waals surface area contributed by atoms with Crippen molar-refractivity contribution < 1.29 is 5.11 Å². The van der Waals surface area contributed by atoms with Crippen LogP contribution < -0.4 is 0 Å². The SMILES string of the molecule is CC1=C(C)C2(C)CC1CC2CO. The highest BCUT2D eigenvalue weighted by Gasteiger charge is 2.50. The number of aliphatic hydroxyl groups excluding tert-OH is 1. The average molecular weight is 166 g/mol. The highest BCUT2D eigenvalue weighted by Crippen LogP contribution is 2.59. The van der Waals surface area contributed by atoms with Crippen LogP contribution in [0.3, 0.4) is 0 Å². The highest BCUT2D eigenvalue weighted by molar-refractivity contribution is 5.32. The first-order chi connectivity index (χ1) is 5.59. The maximum Gasteiger partial charge on any atom is 0.0467 e. The van der Waals surface area contributed by atoms with Crippen LogP contribution >= 0.6 is 0 Å². The molecule has 12 heavy (non-hydrogen) atoms. The van der Waals surface area contributed by atoms with Gasteiger partial charge < -0.3 is 5.11 Å². The lowest BCUT2D eigenvalue weighted by atomic mass is 9.74. The van der Waals surface area contributed by atoms with Crippen molar-refractivity contribution in [2.24, 2.45) is 17.3 Å². The normalized spacial score (nSPS) is 46.0. The Kier molecular flexibility index (Phi) is 1.63. The smallest absolute Gasteiger partial charge is 0.0467 e. The molecule has 1 saturated carbocycles. The minimum Gasteiger partial charge on any atom is -0.396 e. The fourth-order valence-corrected chi connectivity index (χ4v) is 3.19. The number of rotatable bonds is 1. The van der Waals surface area contributed by atoms with Crippen molar-refractivity contribution in [1.82, 2.24) is 0 Å². The molecule has 2 aliphatic carbocycles. The maximum absolute atomic E-state index is 9.23. The Morgan fingerprint density at radius 3 is 2.58 bits per heavy atom. The predicted molar refractivity (Wildman–Crippen MR) is 49.8 cm³/mol. The van der Waals surface area contributed by atoms with Gasteiger partial charge in [0, 0.05) is 6.61 Å². The number of hydrogen-bond acceptors (Lipinski definition) is 1. The molecule has 0 radical (unpaired) electrons. The second-order valence-corrected chi connectivity index (χ2v) is 4.74. The molecule has 1 nitrogen and oxygen atoms in total. The van der Waals surface area contributed by atoms with E-state index in [2.05, 4.69) is 20.8 Å². The summed E-state index contributed by atoms with van der Waals surface area (Å²) in [6, 6.07) is 0. The summed E-state index contributed by atoms with van der Waals surface area (Å²) in [4.78, 5) is 0. The monoisotopic (exact) mass is 166 g/mol. The summed E-state index contributed by atoms with van der Waals surface area (Å²) < 4.78 is 0. The van der Waals surface area contributed by atoms with Crippen LogP contribution in [0.15, 0.2) is 11.1 Å². The Bertz CT molecular complexity index is 241. The van der Waals surface area contributed by atoms with E-state index in [1.807, 2.05) is 0 Å². The van der Waals surface area contributed by atoms with E-state index in [1.54, 1.807) is 11.1 Å². The van der Waals surface area contributed by atoms with Gasteiger partial charge in [0.25, 0.3) is 0 Å². The van der Waals surface area contributed by atoms with E-state index < -0.39 is 0 Å². The lowest BCUT2D eigenvalue weighted by molar-refractivity contribution is 0.155. The Balaban J connectivity index is 2.37. The Labute approximate surface area is 74.5 Å². The topological polar surface area (TPSA) is 20.2 Å². The summed E-state index contributed by atoms with van der Waals surface area (Å²) in [6.45, 7) is 7.20. The molecule has 0 aromatic heterocycles. The molecule has 0 amide bonds. The number of fused-ring (bicyclic) bond motifs is 2. The lowest BCUT2D eigenvalue weighted by Gasteiger charge is -2.32. The Hall–Kier alpha value is -0.300. The van der Waals surface area contributed by atoms with Crippen molar-refractivity contribution >= 4 is 0 Å². The molecule has 3 unspecified atom stereocenters. The molecule has 0 aromatic rings. The van der Waals surface area contributed by atoms with Gasteiger partial charge in [-0.2, -0.15) is 0 Å². The van der Waals surface area contributed by atoms with Gasteiger partial charge in [-0.3, -0.25) is 0 Å². The van der Waals surface area contributed by atoms with Crippen molar-refractivity contribution in [2.75, 3.05) is 6.61 Å². The summed E-state index contributed by atoms with van der Waals surface area (Å²) in [5.74, 6) is 1.32. The van der Waals surface area contributed by atoms with Crippen LogP contribution in [0.5, 0.6) is 0 Å². The van der Waals surface area contributed by atoms with E-state index in [0.717, 1.165) is 5.92 Å². The predicted octanol–water partition coefficient (Wildman–Crippen LogP) is 2.36. The first-order valence-electron chi connectivity index (χ1n) is 4.88. The second-order valence-electron chi connectivity index (χ2n) is 4.74. The summed E-state index contributed by atoms with van der Waals surface area (Å²) in [5.41, 5.74) is 3.49. The number of aliphatic hydroxyl groups is 1. The third kappa shape index (κ3) is 0.779. The quantitative estimate of drug-likeness (QED) is 0.593. The minimum absolute atomic E-state index is 0.337. The molecule has 3 atom stereocenters. The summed E-state index contributed by atoms with van der Waals surface area (Å²) in [7, 11) is 0. The molecule has 0 spiro atoms. The number of hydrogen-bond donors (Lipinski definition) is 1. The molecule has 0 saturated heterocycles. The third-order valence-electron chi connectivity index (χ3n) is 4.42. The average Bonchev–Trinajstić information content (AvgIpc) is 2.48. The fraction of sp³-hybridized carbons (Fsp3) is 0.818. The van der Waals surface area contributed by atoms with Crippen molar-refractivity contribution in [3.05, 3.63) is 11.1 Å². The molecule has 2 bridgehead atoms. The standard InChI is InChI=1S/C11H18O/c1-7-8(2)11(3)5-9(7)4-10(11)6-12/h9-10,12H,4-6H2,1-3H3. The van der Waals surface area contributed by atoms with E-state index >= 15 is 0 Å². The van der Waals surface area contributed by atoms with Gasteiger partial charge in [-0.25, -0.2) is 0 Å². The first-order valence-corrected chi connectivity index (χ1v) is 4.88. The van der Waals surface area contributed by atoms with Crippen LogP contribution in [0.25, 0.3) is 0 Å². The van der Waals surface area contributed by atoms with Crippen LogP contribution in [0, 0.1) is 17.3 Å². The van der Waals surface area contributed by atoms with Crippen molar-refractivity contribution in [3.63, 3.8) is 0 Å². The van der Waals surface area contributed by atoms with E-state index in [1.165, 1.54) is 12.8 Å². The molecule has 68 valence electrons. The van der Waals surface area contributed by atoms with Gasteiger partial charge in [0.2, 0.25) is 0 Å². The third-order valence-corrected chi connectivity index (χ3v) is 4.42. The molecule has 0 aliphatic heterocycles. The van der Waals surface area contributed by atoms with E-state index in [4.69, 9.17) is 0 Å².